The van der Waals surface area contributed by atoms with E-state index in [2.05, 4.69) is 32.9 Å². The molecule has 0 atom stereocenters. The zero-order chi connectivity index (χ0) is 13.1. The maximum Gasteiger partial charge on any atom is -0.0102 e. The van der Waals surface area contributed by atoms with Crippen molar-refractivity contribution < 1.29 is 0 Å². The Kier molecular flexibility index (Phi) is 2.59. The van der Waals surface area contributed by atoms with Gasteiger partial charge in [0.1, 0.15) is 0 Å². The van der Waals surface area contributed by atoms with Crippen LogP contribution in [0.5, 0.6) is 0 Å². The van der Waals surface area contributed by atoms with Crippen LogP contribution < -0.4 is 0 Å². The molecule has 4 saturated carbocycles. The Bertz CT molecular complexity index is 483. The summed E-state index contributed by atoms with van der Waals surface area (Å²) in [6.07, 6.45) is 7.69. The molecule has 0 saturated heterocycles. The first-order chi connectivity index (χ1) is 9.11. The van der Waals surface area contributed by atoms with Crippen molar-refractivity contribution in [2.24, 2.45) is 23.7 Å². The summed E-state index contributed by atoms with van der Waals surface area (Å²) in [5, 5.41) is 0. The molecule has 5 rings (SSSR count). The van der Waals surface area contributed by atoms with E-state index in [0.717, 1.165) is 29.6 Å². The van der Waals surface area contributed by atoms with Crippen LogP contribution in [0.2, 0.25) is 0 Å². The summed E-state index contributed by atoms with van der Waals surface area (Å²) in [6.45, 7) is 6.88. The van der Waals surface area contributed by atoms with Crippen LogP contribution in [-0.2, 0) is 0 Å². The molecule has 0 unspecified atom stereocenters. The summed E-state index contributed by atoms with van der Waals surface area (Å²) in [7, 11) is 0. The largest absolute Gasteiger partial charge is 0.0558 e. The van der Waals surface area contributed by atoms with Crippen molar-refractivity contribution in [1.82, 2.24) is 0 Å². The Morgan fingerprint density at radius 3 is 1.79 bits per heavy atom. The number of hydrogen-bond donors (Lipinski definition) is 0. The lowest BCUT2D eigenvalue weighted by atomic mass is 9.50. The highest BCUT2D eigenvalue weighted by Gasteiger charge is 2.48. The van der Waals surface area contributed by atoms with Crippen molar-refractivity contribution in [3.63, 3.8) is 0 Å². The van der Waals surface area contributed by atoms with Gasteiger partial charge in [0.2, 0.25) is 0 Å². The molecule has 0 nitrogen and oxygen atoms in total. The molecule has 19 heavy (non-hydrogen) atoms. The normalized spacial score (nSPS) is 39.8. The van der Waals surface area contributed by atoms with Crippen molar-refractivity contribution in [3.8, 4) is 0 Å². The molecular weight excluding hydrogens is 228 g/mol. The van der Waals surface area contributed by atoms with E-state index in [-0.39, 0.29) is 0 Å². The summed E-state index contributed by atoms with van der Waals surface area (Å²) in [4.78, 5) is 0. The topological polar surface area (TPSA) is 0 Å². The molecule has 0 heterocycles. The number of rotatable bonds is 1. The molecule has 0 N–H and O–H groups in total. The molecule has 0 aromatic heterocycles. The van der Waals surface area contributed by atoms with E-state index in [4.69, 9.17) is 0 Å². The van der Waals surface area contributed by atoms with Crippen LogP contribution in [0.15, 0.2) is 12.1 Å². The van der Waals surface area contributed by atoms with Gasteiger partial charge in [0.25, 0.3) is 0 Å². The van der Waals surface area contributed by atoms with Gasteiger partial charge in [0.05, 0.1) is 0 Å². The van der Waals surface area contributed by atoms with Gasteiger partial charge >= 0.3 is 0 Å². The second-order valence-corrected chi connectivity index (χ2v) is 7.75. The van der Waals surface area contributed by atoms with E-state index in [9.17, 15) is 0 Å². The fraction of sp³-hybridized carbons (Fsp3) is 0.684. The molecule has 0 radical (unpaired) electrons. The van der Waals surface area contributed by atoms with Gasteiger partial charge in [-0.1, -0.05) is 12.1 Å². The molecular formula is C19H26. The van der Waals surface area contributed by atoms with Crippen LogP contribution in [0.4, 0.5) is 0 Å². The lowest BCUT2D eigenvalue weighted by Crippen LogP contribution is -2.44. The van der Waals surface area contributed by atoms with Crippen LogP contribution >= 0.6 is 0 Å². The predicted octanol–water partition coefficient (Wildman–Crippen LogP) is 5.15. The Morgan fingerprint density at radius 1 is 0.684 bits per heavy atom. The zero-order valence-corrected chi connectivity index (χ0v) is 12.6. The SMILES string of the molecule is Cc1cc(C)c(C2C3CC4CC(C3)CC2C4)cc1C. The molecule has 102 valence electrons. The Balaban J connectivity index is 1.75. The average Bonchev–Trinajstić information content (AvgIpc) is 2.34. The number of aryl methyl sites for hydroxylation is 3. The highest BCUT2D eigenvalue weighted by molar-refractivity contribution is 5.40. The van der Waals surface area contributed by atoms with Gasteiger partial charge in [0.15, 0.2) is 0 Å². The summed E-state index contributed by atoms with van der Waals surface area (Å²) in [5.41, 5.74) is 6.22. The van der Waals surface area contributed by atoms with E-state index in [1.807, 2.05) is 0 Å². The van der Waals surface area contributed by atoms with E-state index >= 15 is 0 Å². The molecule has 1 aromatic rings. The predicted molar refractivity (Wildman–Crippen MR) is 80.4 cm³/mol. The Hall–Kier alpha value is -0.780. The molecule has 1 aromatic carbocycles. The third kappa shape index (κ3) is 1.79. The first kappa shape index (κ1) is 12.0. The molecule has 0 aliphatic heterocycles. The van der Waals surface area contributed by atoms with Crippen LogP contribution in [-0.4, -0.2) is 0 Å². The molecule has 4 aliphatic rings. The van der Waals surface area contributed by atoms with Gasteiger partial charge in [-0.15, -0.1) is 0 Å². The molecule has 4 bridgehead atoms. The summed E-state index contributed by atoms with van der Waals surface area (Å²) < 4.78 is 0. The van der Waals surface area contributed by atoms with Crippen molar-refractivity contribution in [2.45, 2.75) is 58.8 Å². The van der Waals surface area contributed by atoms with Crippen molar-refractivity contribution in [1.29, 1.82) is 0 Å². The van der Waals surface area contributed by atoms with Crippen LogP contribution in [0.25, 0.3) is 0 Å². The van der Waals surface area contributed by atoms with Gasteiger partial charge in [-0.2, -0.15) is 0 Å². The lowest BCUT2D eigenvalue weighted by molar-refractivity contribution is -0.00299. The van der Waals surface area contributed by atoms with Crippen molar-refractivity contribution in [2.75, 3.05) is 0 Å². The van der Waals surface area contributed by atoms with Crippen molar-refractivity contribution in [3.05, 3.63) is 34.4 Å². The fourth-order valence-electron chi connectivity index (χ4n) is 5.77. The van der Waals surface area contributed by atoms with Gasteiger partial charge in [-0.25, -0.2) is 0 Å². The van der Waals surface area contributed by atoms with Gasteiger partial charge in [0, 0.05) is 0 Å². The van der Waals surface area contributed by atoms with Gasteiger partial charge in [-0.05, 0) is 105 Å². The Morgan fingerprint density at radius 2 is 1.21 bits per heavy atom. The smallest absolute Gasteiger partial charge is 0.0102 e. The second kappa shape index (κ2) is 4.11. The first-order valence-corrected chi connectivity index (χ1v) is 8.19. The van der Waals surface area contributed by atoms with E-state index in [1.54, 1.807) is 17.5 Å². The van der Waals surface area contributed by atoms with E-state index in [0.29, 0.717) is 0 Å². The minimum Gasteiger partial charge on any atom is -0.0558 e. The van der Waals surface area contributed by atoms with E-state index in [1.165, 1.54) is 36.8 Å². The lowest BCUT2D eigenvalue weighted by Gasteiger charge is -2.55. The molecule has 4 aliphatic carbocycles. The zero-order valence-electron chi connectivity index (χ0n) is 12.6. The molecule has 4 fully saturated rings. The van der Waals surface area contributed by atoms with Crippen LogP contribution in [0, 0.1) is 44.4 Å². The summed E-state index contributed by atoms with van der Waals surface area (Å²) >= 11 is 0. The third-order valence-corrected chi connectivity index (χ3v) is 6.47. The monoisotopic (exact) mass is 254 g/mol. The highest BCUT2D eigenvalue weighted by Crippen LogP contribution is 2.60. The van der Waals surface area contributed by atoms with Gasteiger partial charge in [-0.3, -0.25) is 0 Å². The van der Waals surface area contributed by atoms with E-state index < -0.39 is 0 Å². The van der Waals surface area contributed by atoms with Crippen LogP contribution in [0.3, 0.4) is 0 Å². The van der Waals surface area contributed by atoms with Crippen LogP contribution in [0.1, 0.15) is 60.3 Å². The first-order valence-electron chi connectivity index (χ1n) is 8.19. The Labute approximate surface area is 117 Å². The quantitative estimate of drug-likeness (QED) is 0.650. The third-order valence-electron chi connectivity index (χ3n) is 6.47. The highest BCUT2D eigenvalue weighted by atomic mass is 14.5. The minimum atomic E-state index is 0.895. The summed E-state index contributed by atoms with van der Waals surface area (Å²) in [5.74, 6) is 5.09. The maximum atomic E-state index is 2.53. The summed E-state index contributed by atoms with van der Waals surface area (Å²) in [6, 6.07) is 4.95. The van der Waals surface area contributed by atoms with Gasteiger partial charge < -0.3 is 0 Å². The fourth-order valence-corrected chi connectivity index (χ4v) is 5.77. The molecule has 0 amide bonds. The standard InChI is InChI=1S/C19H26/c1-11-4-13(3)18(5-12(11)2)19-16-7-14-6-15(9-16)10-17(19)8-14/h4-5,14-17,19H,6-10H2,1-3H3. The molecule has 0 heteroatoms. The number of hydrogen-bond acceptors (Lipinski definition) is 0. The van der Waals surface area contributed by atoms with Crippen molar-refractivity contribution >= 4 is 0 Å². The number of benzene rings is 1. The second-order valence-electron chi connectivity index (χ2n) is 7.75. The maximum absolute atomic E-state index is 2.53. The molecule has 0 spiro atoms. The average molecular weight is 254 g/mol. The minimum absolute atomic E-state index is 0.895.